The quantitative estimate of drug-likeness (QED) is 0.0320. The molecule has 0 fully saturated rings. The van der Waals surface area contributed by atoms with Gasteiger partial charge in [-0.2, -0.15) is 0 Å². The van der Waals surface area contributed by atoms with Crippen LogP contribution >= 0.6 is 0 Å². The molecule has 2 atom stereocenters. The van der Waals surface area contributed by atoms with Crippen molar-refractivity contribution in [1.29, 1.82) is 0 Å². The number of ether oxygens (including phenoxy) is 1. The fraction of sp³-hybridized carbons (Fsp3) is 0.920. The van der Waals surface area contributed by atoms with Crippen molar-refractivity contribution >= 4 is 11.9 Å². The molecule has 0 bridgehead atoms. The van der Waals surface area contributed by atoms with Gasteiger partial charge in [0.15, 0.2) is 0 Å². The molecule has 0 aromatic carbocycles. The lowest BCUT2D eigenvalue weighted by Gasteiger charge is -2.22. The molecule has 0 radical (unpaired) electrons. The van der Waals surface area contributed by atoms with Gasteiger partial charge in [-0.1, -0.05) is 378 Å². The largest absolute Gasteiger partial charge is 0.466 e. The average Bonchev–Trinajstić information content (AvgIpc) is 3.47. The van der Waals surface area contributed by atoms with Crippen LogP contribution in [0.25, 0.3) is 0 Å². The average molecular weight is 1140 g/mol. The molecule has 0 heterocycles. The molecule has 1 amide bonds. The minimum absolute atomic E-state index is 0.00920. The molecular weight excluding hydrogens is 995 g/mol. The molecule has 0 aromatic rings. The summed E-state index contributed by atoms with van der Waals surface area (Å²) in [5, 5.41) is 23.3. The summed E-state index contributed by atoms with van der Waals surface area (Å²) < 4.78 is 5.49. The molecule has 0 aliphatic heterocycles. The van der Waals surface area contributed by atoms with Crippen molar-refractivity contribution in [3.63, 3.8) is 0 Å². The summed E-state index contributed by atoms with van der Waals surface area (Å²) >= 11 is 0. The Morgan fingerprint density at radius 1 is 0.346 bits per heavy atom. The topological polar surface area (TPSA) is 95.9 Å². The van der Waals surface area contributed by atoms with Crippen LogP contribution in [0.2, 0.25) is 0 Å². The number of hydrogen-bond acceptors (Lipinski definition) is 5. The number of carbonyl (C=O) groups excluding carboxylic acids is 2. The first-order valence-electron chi connectivity index (χ1n) is 37.1. The highest BCUT2D eigenvalue weighted by molar-refractivity contribution is 5.76. The number of unbranched alkanes of at least 4 members (excludes halogenated alkanes) is 55. The number of esters is 1. The Morgan fingerprint density at radius 3 is 0.975 bits per heavy atom. The maximum atomic E-state index is 12.5. The van der Waals surface area contributed by atoms with Crippen LogP contribution in [-0.2, 0) is 14.3 Å². The van der Waals surface area contributed by atoms with E-state index in [1.807, 2.05) is 0 Å². The Bertz CT molecular complexity index is 1270. The molecule has 0 spiro atoms. The van der Waals surface area contributed by atoms with Crippen LogP contribution in [-0.4, -0.2) is 47.4 Å². The zero-order chi connectivity index (χ0) is 58.5. The van der Waals surface area contributed by atoms with Crippen LogP contribution in [0.5, 0.6) is 0 Å². The number of allylic oxidation sites excluding steroid dienone is 4. The summed E-state index contributed by atoms with van der Waals surface area (Å²) in [4.78, 5) is 24.6. The number of hydrogen-bond donors (Lipinski definition) is 3. The van der Waals surface area contributed by atoms with Crippen LogP contribution in [0, 0.1) is 0 Å². The van der Waals surface area contributed by atoms with Crippen molar-refractivity contribution in [3.05, 3.63) is 24.3 Å². The van der Waals surface area contributed by atoms with Crippen LogP contribution in [0.4, 0.5) is 0 Å². The molecule has 3 N–H and O–H groups in total. The van der Waals surface area contributed by atoms with E-state index < -0.39 is 12.1 Å². The maximum Gasteiger partial charge on any atom is 0.305 e. The van der Waals surface area contributed by atoms with Crippen molar-refractivity contribution in [1.82, 2.24) is 5.32 Å². The Morgan fingerprint density at radius 2 is 0.630 bits per heavy atom. The van der Waals surface area contributed by atoms with Gasteiger partial charge >= 0.3 is 5.97 Å². The van der Waals surface area contributed by atoms with Gasteiger partial charge in [0.1, 0.15) is 0 Å². The molecule has 0 aromatic heterocycles. The Kier molecular flexibility index (Phi) is 69.4. The standard InChI is InChI=1S/C75H145NO5/c1-3-5-7-9-11-13-15-17-45-49-53-57-61-65-69-75(80)81-70-66-62-58-54-50-46-42-40-38-36-34-32-30-28-26-24-22-20-18-19-21-23-25-27-29-31-33-35-37-39-41-44-48-52-56-60-64-68-74(79)76-72(71-77)73(78)67-63-59-55-51-47-43-16-14-12-10-8-6-4-2/h9,11,15,17,72-73,77-78H,3-8,10,12-14,16,18-71H2,1-2H3,(H,76,79)/b11-9-,17-15-. The van der Waals surface area contributed by atoms with Gasteiger partial charge in [-0.15, -0.1) is 0 Å². The highest BCUT2D eigenvalue weighted by Gasteiger charge is 2.20. The molecule has 0 saturated heterocycles. The van der Waals surface area contributed by atoms with Crippen molar-refractivity contribution in [3.8, 4) is 0 Å². The fourth-order valence-corrected chi connectivity index (χ4v) is 11.8. The van der Waals surface area contributed by atoms with Crippen LogP contribution in [0.1, 0.15) is 418 Å². The van der Waals surface area contributed by atoms with Gasteiger partial charge in [-0.3, -0.25) is 9.59 Å². The van der Waals surface area contributed by atoms with E-state index in [1.54, 1.807) is 0 Å². The molecule has 0 aliphatic carbocycles. The number of nitrogens with one attached hydrogen (secondary N) is 1. The third-order valence-electron chi connectivity index (χ3n) is 17.5. The Balaban J connectivity index is 3.28. The summed E-state index contributed by atoms with van der Waals surface area (Å²) in [7, 11) is 0. The SMILES string of the molecule is CCCC/C=C\C/C=C\CCCCCCCC(=O)OCCCCCCCCCCCCCCCCCCCCCCCCCCCCCCCCCCCCCCCC(=O)NC(CO)C(O)CCCCCCCCCCCCCCC. The molecule has 81 heavy (non-hydrogen) atoms. The second-order valence-electron chi connectivity index (χ2n) is 25.6. The first-order valence-corrected chi connectivity index (χ1v) is 37.1. The highest BCUT2D eigenvalue weighted by Crippen LogP contribution is 2.20. The molecule has 480 valence electrons. The smallest absolute Gasteiger partial charge is 0.305 e. The molecule has 6 heteroatoms. The summed E-state index contributed by atoms with van der Waals surface area (Å²) in [6.45, 7) is 4.94. The van der Waals surface area contributed by atoms with E-state index in [4.69, 9.17) is 4.74 Å². The predicted octanol–water partition coefficient (Wildman–Crippen LogP) is 24.1. The van der Waals surface area contributed by atoms with Gasteiger partial charge in [0, 0.05) is 12.8 Å². The normalized spacial score (nSPS) is 12.6. The van der Waals surface area contributed by atoms with E-state index in [0.29, 0.717) is 25.9 Å². The molecule has 0 aliphatic rings. The maximum absolute atomic E-state index is 12.5. The molecule has 0 saturated carbocycles. The van der Waals surface area contributed by atoms with E-state index in [2.05, 4.69) is 43.5 Å². The van der Waals surface area contributed by atoms with Crippen LogP contribution in [0.15, 0.2) is 24.3 Å². The van der Waals surface area contributed by atoms with Gasteiger partial charge in [0.2, 0.25) is 5.91 Å². The zero-order valence-electron chi connectivity index (χ0n) is 55.0. The third kappa shape index (κ3) is 67.3. The van der Waals surface area contributed by atoms with Gasteiger partial charge in [0.05, 0.1) is 25.4 Å². The predicted molar refractivity (Wildman–Crippen MR) is 356 cm³/mol. The summed E-state index contributed by atoms with van der Waals surface area (Å²) in [6.07, 6.45) is 89.8. The van der Waals surface area contributed by atoms with Crippen molar-refractivity contribution in [2.45, 2.75) is 431 Å². The zero-order valence-corrected chi connectivity index (χ0v) is 55.0. The molecule has 0 rings (SSSR count). The summed E-state index contributed by atoms with van der Waals surface area (Å²) in [5.41, 5.74) is 0. The Hall–Kier alpha value is -1.66. The second-order valence-corrected chi connectivity index (χ2v) is 25.6. The first-order chi connectivity index (χ1) is 40.0. The fourth-order valence-electron chi connectivity index (χ4n) is 11.8. The molecular formula is C75H145NO5. The molecule has 6 nitrogen and oxygen atoms in total. The van der Waals surface area contributed by atoms with E-state index in [-0.39, 0.29) is 18.5 Å². The number of carbonyl (C=O) groups is 2. The monoisotopic (exact) mass is 1140 g/mol. The van der Waals surface area contributed by atoms with Gasteiger partial charge in [0.25, 0.3) is 0 Å². The number of aliphatic hydroxyl groups excluding tert-OH is 2. The minimum atomic E-state index is -0.659. The second kappa shape index (κ2) is 70.8. The lowest BCUT2D eigenvalue weighted by atomic mass is 10.0. The van der Waals surface area contributed by atoms with Crippen LogP contribution < -0.4 is 5.32 Å². The van der Waals surface area contributed by atoms with Crippen molar-refractivity contribution < 1.29 is 24.5 Å². The number of aliphatic hydroxyl groups is 2. The lowest BCUT2D eigenvalue weighted by Crippen LogP contribution is -2.45. The van der Waals surface area contributed by atoms with E-state index in [0.717, 1.165) is 51.4 Å². The van der Waals surface area contributed by atoms with E-state index in [1.165, 1.54) is 334 Å². The first kappa shape index (κ1) is 79.3. The lowest BCUT2D eigenvalue weighted by molar-refractivity contribution is -0.143. The third-order valence-corrected chi connectivity index (χ3v) is 17.5. The van der Waals surface area contributed by atoms with Crippen LogP contribution in [0.3, 0.4) is 0 Å². The Labute approximate surface area is 507 Å². The molecule has 2 unspecified atom stereocenters. The van der Waals surface area contributed by atoms with Gasteiger partial charge < -0.3 is 20.3 Å². The van der Waals surface area contributed by atoms with Gasteiger partial charge in [-0.05, 0) is 51.4 Å². The van der Waals surface area contributed by atoms with Crippen molar-refractivity contribution in [2.75, 3.05) is 13.2 Å². The highest BCUT2D eigenvalue weighted by atomic mass is 16.5. The minimum Gasteiger partial charge on any atom is -0.466 e. The van der Waals surface area contributed by atoms with E-state index in [9.17, 15) is 19.8 Å². The number of amides is 1. The van der Waals surface area contributed by atoms with E-state index >= 15 is 0 Å². The van der Waals surface area contributed by atoms with Crippen molar-refractivity contribution in [2.24, 2.45) is 0 Å². The number of rotatable bonds is 70. The van der Waals surface area contributed by atoms with Gasteiger partial charge in [-0.25, -0.2) is 0 Å². The summed E-state index contributed by atoms with van der Waals surface area (Å²) in [6, 6.07) is -0.536. The summed E-state index contributed by atoms with van der Waals surface area (Å²) in [5.74, 6) is -0.0176.